The normalized spacial score (nSPS) is 37.5. The van der Waals surface area contributed by atoms with E-state index in [1.54, 1.807) is 0 Å². The lowest BCUT2D eigenvalue weighted by Gasteiger charge is -2.45. The van der Waals surface area contributed by atoms with E-state index >= 15 is 0 Å². The van der Waals surface area contributed by atoms with Crippen LogP contribution in [0.1, 0.15) is 13.3 Å². The van der Waals surface area contributed by atoms with Crippen LogP contribution < -0.4 is 0 Å². The lowest BCUT2D eigenvalue weighted by Crippen LogP contribution is -2.65. The Bertz CT molecular complexity index is 368. The van der Waals surface area contributed by atoms with Gasteiger partial charge in [0.15, 0.2) is 5.79 Å². The Morgan fingerprint density at radius 2 is 1.95 bits per heavy atom. The fraction of sp³-hybridized carbons (Fsp3) is 0.750. The first kappa shape index (κ1) is 17.0. The van der Waals surface area contributed by atoms with Gasteiger partial charge in [0.25, 0.3) is 0 Å². The van der Waals surface area contributed by atoms with Crippen LogP contribution in [0.25, 0.3) is 0 Å². The third-order valence-corrected chi connectivity index (χ3v) is 3.09. The molecule has 1 aliphatic heterocycles. The van der Waals surface area contributed by atoms with Gasteiger partial charge in [0, 0.05) is 12.0 Å². The van der Waals surface area contributed by atoms with Gasteiger partial charge >= 0.3 is 5.97 Å². The summed E-state index contributed by atoms with van der Waals surface area (Å²) in [6.45, 7) is 3.88. The van der Waals surface area contributed by atoms with Crippen LogP contribution in [0.5, 0.6) is 0 Å². The fourth-order valence-corrected chi connectivity index (χ4v) is 1.84. The van der Waals surface area contributed by atoms with E-state index in [4.69, 9.17) is 14.6 Å². The quantitative estimate of drug-likeness (QED) is 0.281. The molecule has 8 heteroatoms. The van der Waals surface area contributed by atoms with E-state index in [-0.39, 0.29) is 18.6 Å². The van der Waals surface area contributed by atoms with Crippen molar-refractivity contribution in [3.05, 3.63) is 12.2 Å². The van der Waals surface area contributed by atoms with Crippen molar-refractivity contribution >= 4 is 5.97 Å². The number of carbonyl (C=O) groups excluding carboxylic acids is 1. The van der Waals surface area contributed by atoms with E-state index in [2.05, 4.69) is 6.58 Å². The number of aliphatic hydroxyl groups excluding tert-OH is 4. The molecule has 1 heterocycles. The highest BCUT2D eigenvalue weighted by Crippen LogP contribution is 2.30. The molecule has 1 saturated heterocycles. The number of rotatable bonds is 5. The second-order valence-electron chi connectivity index (χ2n) is 4.78. The summed E-state index contributed by atoms with van der Waals surface area (Å²) in [6.07, 6.45) is -6.62. The standard InChI is InChI=1S/C12H20O8/c1-6(2)11(17)19-4-3-12(18)10(16)9(15)8(14)7(5-13)20-12/h7-10,13-16,18H,1,3-5H2,2H3/t7-,8+,9+,10-,12+/m1/s1. The number of ether oxygens (including phenoxy) is 2. The second kappa shape index (κ2) is 6.61. The molecule has 5 N–H and O–H groups in total. The van der Waals surface area contributed by atoms with Gasteiger partial charge in [0.1, 0.15) is 24.4 Å². The molecule has 0 saturated carbocycles. The van der Waals surface area contributed by atoms with E-state index in [0.717, 1.165) is 0 Å². The Kier molecular flexibility index (Phi) is 5.63. The van der Waals surface area contributed by atoms with E-state index in [1.807, 2.05) is 0 Å². The summed E-state index contributed by atoms with van der Waals surface area (Å²) in [5.74, 6) is -2.90. The molecular weight excluding hydrogens is 272 g/mol. The molecule has 1 rings (SSSR count). The predicted molar refractivity (Wildman–Crippen MR) is 65.3 cm³/mol. The summed E-state index contributed by atoms with van der Waals surface area (Å²) in [6, 6.07) is 0. The lowest BCUT2D eigenvalue weighted by atomic mass is 9.91. The van der Waals surface area contributed by atoms with Crippen molar-refractivity contribution in [1.82, 2.24) is 0 Å². The minimum atomic E-state index is -2.23. The minimum absolute atomic E-state index is 0.172. The Hall–Kier alpha value is -1.03. The third-order valence-electron chi connectivity index (χ3n) is 3.09. The molecular formula is C12H20O8. The van der Waals surface area contributed by atoms with Gasteiger partial charge in [-0.3, -0.25) is 0 Å². The van der Waals surface area contributed by atoms with Crippen molar-refractivity contribution in [2.24, 2.45) is 0 Å². The van der Waals surface area contributed by atoms with Crippen molar-refractivity contribution < 1.29 is 39.8 Å². The van der Waals surface area contributed by atoms with Gasteiger partial charge in [0.05, 0.1) is 13.2 Å². The fourth-order valence-electron chi connectivity index (χ4n) is 1.84. The van der Waals surface area contributed by atoms with Crippen LogP contribution in [0.2, 0.25) is 0 Å². The van der Waals surface area contributed by atoms with Crippen LogP contribution in [0.15, 0.2) is 12.2 Å². The Morgan fingerprint density at radius 3 is 2.45 bits per heavy atom. The largest absolute Gasteiger partial charge is 0.462 e. The highest BCUT2D eigenvalue weighted by molar-refractivity contribution is 5.86. The van der Waals surface area contributed by atoms with E-state index in [1.165, 1.54) is 6.92 Å². The lowest BCUT2D eigenvalue weighted by molar-refractivity contribution is -0.352. The van der Waals surface area contributed by atoms with Crippen molar-refractivity contribution in [2.45, 2.75) is 43.5 Å². The molecule has 20 heavy (non-hydrogen) atoms. The summed E-state index contributed by atoms with van der Waals surface area (Å²) < 4.78 is 9.75. The molecule has 1 fully saturated rings. The monoisotopic (exact) mass is 292 g/mol. The van der Waals surface area contributed by atoms with Gasteiger partial charge in [-0.2, -0.15) is 0 Å². The third kappa shape index (κ3) is 3.54. The van der Waals surface area contributed by atoms with Crippen molar-refractivity contribution in [3.8, 4) is 0 Å². The summed E-state index contributed by atoms with van der Waals surface area (Å²) in [5.41, 5.74) is 0.172. The maximum absolute atomic E-state index is 11.2. The molecule has 0 aliphatic carbocycles. The van der Waals surface area contributed by atoms with Crippen LogP contribution in [-0.4, -0.2) is 74.9 Å². The van der Waals surface area contributed by atoms with Crippen LogP contribution >= 0.6 is 0 Å². The number of esters is 1. The SMILES string of the molecule is C=C(C)C(=O)OCC[C@]1(O)O[C@H](CO)[C@H](O)[C@H](O)[C@H]1O. The zero-order chi connectivity index (χ0) is 15.5. The molecule has 0 aromatic heterocycles. The maximum Gasteiger partial charge on any atom is 0.333 e. The molecule has 5 atom stereocenters. The zero-order valence-corrected chi connectivity index (χ0v) is 11.1. The number of aliphatic hydroxyl groups is 5. The van der Waals surface area contributed by atoms with Gasteiger partial charge in [-0.1, -0.05) is 6.58 Å². The molecule has 0 aromatic carbocycles. The average molecular weight is 292 g/mol. The first-order valence-electron chi connectivity index (χ1n) is 6.11. The maximum atomic E-state index is 11.2. The van der Waals surface area contributed by atoms with Crippen molar-refractivity contribution in [1.29, 1.82) is 0 Å². The first-order valence-corrected chi connectivity index (χ1v) is 6.11. The first-order chi connectivity index (χ1) is 9.23. The molecule has 0 spiro atoms. The van der Waals surface area contributed by atoms with Gasteiger partial charge in [-0.15, -0.1) is 0 Å². The Morgan fingerprint density at radius 1 is 1.35 bits per heavy atom. The molecule has 0 aromatic rings. The number of hydrogen-bond acceptors (Lipinski definition) is 8. The highest BCUT2D eigenvalue weighted by atomic mass is 16.7. The van der Waals surface area contributed by atoms with Crippen LogP contribution in [-0.2, 0) is 14.3 Å². The summed E-state index contributed by atoms with van der Waals surface area (Å²) in [7, 11) is 0. The van der Waals surface area contributed by atoms with E-state index < -0.39 is 42.8 Å². The molecule has 0 amide bonds. The van der Waals surface area contributed by atoms with Gasteiger partial charge in [-0.05, 0) is 6.92 Å². The van der Waals surface area contributed by atoms with Gasteiger partial charge in [0.2, 0.25) is 0 Å². The van der Waals surface area contributed by atoms with Crippen LogP contribution in [0, 0.1) is 0 Å². The molecule has 116 valence electrons. The van der Waals surface area contributed by atoms with Crippen LogP contribution in [0.3, 0.4) is 0 Å². The van der Waals surface area contributed by atoms with Gasteiger partial charge in [-0.25, -0.2) is 4.79 Å². The second-order valence-corrected chi connectivity index (χ2v) is 4.78. The van der Waals surface area contributed by atoms with Crippen molar-refractivity contribution in [3.63, 3.8) is 0 Å². The van der Waals surface area contributed by atoms with E-state index in [9.17, 15) is 25.2 Å². The molecule has 0 radical (unpaired) electrons. The van der Waals surface area contributed by atoms with Crippen LogP contribution in [0.4, 0.5) is 0 Å². The average Bonchev–Trinajstić information content (AvgIpc) is 2.40. The molecule has 1 aliphatic rings. The number of hydrogen-bond donors (Lipinski definition) is 5. The smallest absolute Gasteiger partial charge is 0.333 e. The molecule has 0 bridgehead atoms. The summed E-state index contributed by atoms with van der Waals surface area (Å²) in [4.78, 5) is 11.2. The van der Waals surface area contributed by atoms with E-state index in [0.29, 0.717) is 0 Å². The zero-order valence-electron chi connectivity index (χ0n) is 11.1. The van der Waals surface area contributed by atoms with Crippen molar-refractivity contribution in [2.75, 3.05) is 13.2 Å². The molecule has 0 unspecified atom stereocenters. The Labute approximate surface area is 115 Å². The minimum Gasteiger partial charge on any atom is -0.462 e. The summed E-state index contributed by atoms with van der Waals surface area (Å²) in [5, 5.41) is 48.0. The highest BCUT2D eigenvalue weighted by Gasteiger charge is 2.52. The molecule has 8 nitrogen and oxygen atoms in total. The topological polar surface area (TPSA) is 137 Å². The number of carbonyl (C=O) groups is 1. The van der Waals surface area contributed by atoms with Gasteiger partial charge < -0.3 is 35.0 Å². The predicted octanol–water partition coefficient (Wildman–Crippen LogP) is -2.34. The Balaban J connectivity index is 2.65. The summed E-state index contributed by atoms with van der Waals surface area (Å²) >= 11 is 0.